The molecule has 0 heterocycles. The number of hydrogen-bond donors (Lipinski definition) is 0. The van der Waals surface area contributed by atoms with E-state index in [9.17, 15) is 4.79 Å². The monoisotopic (exact) mass is 388 g/mol. The fraction of sp³-hybridized carbons (Fsp3) is 0.409. The normalized spacial score (nSPS) is 18.6. The van der Waals surface area contributed by atoms with Gasteiger partial charge in [-0.25, -0.2) is 0 Å². The molecule has 0 amide bonds. The summed E-state index contributed by atoms with van der Waals surface area (Å²) < 4.78 is 0. The molecular formula is C22H24N6O. The number of carbonyl (C=O) groups excluding carboxylic acids is 1. The van der Waals surface area contributed by atoms with Crippen LogP contribution in [0.5, 0.6) is 0 Å². The molecule has 1 aliphatic rings. The molecule has 29 heavy (non-hydrogen) atoms. The largest absolute Gasteiger partial charge is 0.299 e. The van der Waals surface area contributed by atoms with Gasteiger partial charge in [-0.2, -0.15) is 0 Å². The van der Waals surface area contributed by atoms with E-state index in [1.807, 2.05) is 48.5 Å². The molecule has 2 aromatic carbocycles. The van der Waals surface area contributed by atoms with E-state index in [0.717, 1.165) is 56.1 Å². The molecule has 1 aliphatic carbocycles. The van der Waals surface area contributed by atoms with Gasteiger partial charge >= 0.3 is 0 Å². The van der Waals surface area contributed by atoms with Crippen LogP contribution in [0.2, 0.25) is 0 Å². The third-order valence-electron chi connectivity index (χ3n) is 5.67. The minimum atomic E-state index is 0.137. The molecule has 2 unspecified atom stereocenters. The number of rotatable bonds is 8. The van der Waals surface area contributed by atoms with Crippen LogP contribution in [0, 0.1) is 11.8 Å². The molecule has 1 fully saturated rings. The van der Waals surface area contributed by atoms with E-state index >= 15 is 0 Å². The first-order chi connectivity index (χ1) is 14.2. The molecule has 0 aliphatic heterocycles. The summed E-state index contributed by atoms with van der Waals surface area (Å²) in [5, 5.41) is 7.17. The lowest BCUT2D eigenvalue weighted by atomic mass is 9.75. The van der Waals surface area contributed by atoms with Crippen molar-refractivity contribution in [3.63, 3.8) is 0 Å². The maximum Gasteiger partial charge on any atom is 0.139 e. The number of carbonyl (C=O) groups is 1. The summed E-state index contributed by atoms with van der Waals surface area (Å²) in [6.07, 6.45) is 6.53. The van der Waals surface area contributed by atoms with E-state index < -0.39 is 0 Å². The molecule has 0 saturated heterocycles. The summed E-state index contributed by atoms with van der Waals surface area (Å²) in [5.74, 6) is 0.684. The quantitative estimate of drug-likeness (QED) is 0.267. The van der Waals surface area contributed by atoms with Crippen LogP contribution < -0.4 is 0 Å². The summed E-state index contributed by atoms with van der Waals surface area (Å²) in [6.45, 7) is 0. The van der Waals surface area contributed by atoms with Gasteiger partial charge in [0.05, 0.1) is 0 Å². The smallest absolute Gasteiger partial charge is 0.139 e. The second-order valence-corrected chi connectivity index (χ2v) is 7.52. The van der Waals surface area contributed by atoms with Crippen molar-refractivity contribution in [1.29, 1.82) is 0 Å². The summed E-state index contributed by atoms with van der Waals surface area (Å²) in [4.78, 5) is 18.5. The second kappa shape index (κ2) is 10.3. The lowest BCUT2D eigenvalue weighted by molar-refractivity contribution is -0.129. The molecule has 3 rings (SSSR count). The molecule has 0 N–H and O–H groups in total. The third-order valence-corrected chi connectivity index (χ3v) is 5.67. The Hall–Kier alpha value is -3.27. The average Bonchev–Trinajstić information content (AvgIpc) is 2.75. The highest BCUT2D eigenvalue weighted by Gasteiger charge is 2.30. The minimum Gasteiger partial charge on any atom is -0.299 e. The molecule has 148 valence electrons. The van der Waals surface area contributed by atoms with Crippen LogP contribution >= 0.6 is 0 Å². The summed E-state index contributed by atoms with van der Waals surface area (Å²) in [7, 11) is 0. The van der Waals surface area contributed by atoms with Crippen LogP contribution in [-0.4, -0.2) is 5.78 Å². The molecule has 1 saturated carbocycles. The van der Waals surface area contributed by atoms with Crippen molar-refractivity contribution in [1.82, 2.24) is 0 Å². The first-order valence-electron chi connectivity index (χ1n) is 10.0. The number of nitrogens with zero attached hydrogens (tertiary/aromatic N) is 6. The molecule has 0 bridgehead atoms. The maximum atomic E-state index is 12.9. The van der Waals surface area contributed by atoms with Gasteiger partial charge < -0.3 is 0 Å². The molecule has 0 aromatic heterocycles. The van der Waals surface area contributed by atoms with Gasteiger partial charge in [0, 0.05) is 33.0 Å². The Balaban J connectivity index is 1.51. The van der Waals surface area contributed by atoms with E-state index in [1.54, 1.807) is 0 Å². The number of hydrogen-bond acceptors (Lipinski definition) is 3. The van der Waals surface area contributed by atoms with Crippen LogP contribution in [0.1, 0.15) is 43.2 Å². The van der Waals surface area contributed by atoms with Gasteiger partial charge in [0.15, 0.2) is 0 Å². The van der Waals surface area contributed by atoms with E-state index in [0.29, 0.717) is 17.2 Å². The molecule has 0 radical (unpaired) electrons. The Morgan fingerprint density at radius 1 is 0.759 bits per heavy atom. The highest BCUT2D eigenvalue weighted by Crippen LogP contribution is 2.32. The van der Waals surface area contributed by atoms with Gasteiger partial charge in [-0.1, -0.05) is 65.2 Å². The third kappa shape index (κ3) is 5.85. The number of benzene rings is 2. The average molecular weight is 388 g/mol. The van der Waals surface area contributed by atoms with Crippen molar-refractivity contribution < 1.29 is 4.79 Å². The van der Waals surface area contributed by atoms with Crippen LogP contribution in [0.15, 0.2) is 58.8 Å². The Kier molecular flexibility index (Phi) is 7.28. The fourth-order valence-corrected chi connectivity index (χ4v) is 4.05. The molecule has 7 nitrogen and oxygen atoms in total. The van der Waals surface area contributed by atoms with Crippen molar-refractivity contribution in [3.05, 3.63) is 80.5 Å². The lowest BCUT2D eigenvalue weighted by Gasteiger charge is -2.28. The first kappa shape index (κ1) is 20.5. The Morgan fingerprint density at radius 2 is 1.17 bits per heavy atom. The fourth-order valence-electron chi connectivity index (χ4n) is 4.05. The number of aryl methyl sites for hydroxylation is 2. The predicted molar refractivity (Wildman–Crippen MR) is 113 cm³/mol. The zero-order chi connectivity index (χ0) is 20.5. The molecular weight excluding hydrogens is 364 g/mol. The van der Waals surface area contributed by atoms with Crippen molar-refractivity contribution in [2.45, 2.75) is 44.9 Å². The summed E-state index contributed by atoms with van der Waals surface area (Å²) >= 11 is 0. The Morgan fingerprint density at radius 3 is 1.55 bits per heavy atom. The molecule has 2 aromatic rings. The van der Waals surface area contributed by atoms with Gasteiger partial charge in [-0.05, 0) is 60.7 Å². The van der Waals surface area contributed by atoms with Crippen molar-refractivity contribution in [2.24, 2.45) is 22.1 Å². The minimum absolute atomic E-state index is 0.137. The van der Waals surface area contributed by atoms with Crippen LogP contribution in [0.3, 0.4) is 0 Å². The van der Waals surface area contributed by atoms with Crippen molar-refractivity contribution in [2.75, 3.05) is 0 Å². The zero-order valence-electron chi connectivity index (χ0n) is 16.3. The molecule has 0 spiro atoms. The Bertz CT molecular complexity index is 849. The lowest BCUT2D eigenvalue weighted by Crippen LogP contribution is -2.29. The van der Waals surface area contributed by atoms with E-state index in [2.05, 4.69) is 20.1 Å². The highest BCUT2D eigenvalue weighted by molar-refractivity contribution is 5.84. The molecule has 7 heteroatoms. The summed E-state index contributed by atoms with van der Waals surface area (Å²) in [6, 6.07) is 15.1. The van der Waals surface area contributed by atoms with E-state index in [4.69, 9.17) is 11.1 Å². The van der Waals surface area contributed by atoms with Gasteiger partial charge in [0.25, 0.3) is 0 Å². The van der Waals surface area contributed by atoms with Crippen LogP contribution in [0.25, 0.3) is 20.9 Å². The maximum absolute atomic E-state index is 12.9. The van der Waals surface area contributed by atoms with E-state index in [-0.39, 0.29) is 11.8 Å². The van der Waals surface area contributed by atoms with E-state index in [1.165, 1.54) is 0 Å². The van der Waals surface area contributed by atoms with Gasteiger partial charge in [0.1, 0.15) is 5.78 Å². The number of Topliss-reactive ketones (excluding diaryl/α,β-unsaturated/α-hetero) is 1. The topological polar surface area (TPSA) is 115 Å². The predicted octanol–water partition coefficient (Wildman–Crippen LogP) is 7.12. The Labute approximate surface area is 170 Å². The van der Waals surface area contributed by atoms with Gasteiger partial charge in [-0.3, -0.25) is 4.79 Å². The number of azide groups is 2. The standard InChI is InChI=1S/C22H24N6O/c23-27-25-20-12-6-16(7-13-20)4-10-18-2-1-3-19(22(18)29)11-5-17-8-14-21(15-9-17)26-28-24/h6-9,12-15,18-19H,1-5,10-11H2. The van der Waals surface area contributed by atoms with Gasteiger partial charge in [-0.15, -0.1) is 0 Å². The number of ketones is 1. The molecule has 2 atom stereocenters. The van der Waals surface area contributed by atoms with Crippen LogP contribution in [-0.2, 0) is 17.6 Å². The highest BCUT2D eigenvalue weighted by atomic mass is 16.1. The first-order valence-corrected chi connectivity index (χ1v) is 10.0. The SMILES string of the molecule is [N-]=[N+]=Nc1ccc(CCC2CCCC(CCc3ccc(N=[N+]=[N-])cc3)C2=O)cc1. The second-order valence-electron chi connectivity index (χ2n) is 7.52. The van der Waals surface area contributed by atoms with Crippen molar-refractivity contribution >= 4 is 17.2 Å². The van der Waals surface area contributed by atoms with Gasteiger partial charge in [0.2, 0.25) is 0 Å². The van der Waals surface area contributed by atoms with Crippen molar-refractivity contribution in [3.8, 4) is 0 Å². The zero-order valence-corrected chi connectivity index (χ0v) is 16.3. The van der Waals surface area contributed by atoms with Crippen LogP contribution in [0.4, 0.5) is 11.4 Å². The summed E-state index contributed by atoms with van der Waals surface area (Å²) in [5.41, 5.74) is 20.5.